The van der Waals surface area contributed by atoms with Gasteiger partial charge in [-0.1, -0.05) is 12.8 Å². The van der Waals surface area contributed by atoms with E-state index >= 15 is 0 Å². The van der Waals surface area contributed by atoms with Crippen LogP contribution in [-0.4, -0.2) is 30.7 Å². The van der Waals surface area contributed by atoms with Crippen LogP contribution >= 0.6 is 0 Å². The van der Waals surface area contributed by atoms with E-state index in [9.17, 15) is 9.59 Å². The third-order valence-corrected chi connectivity index (χ3v) is 2.59. The lowest BCUT2D eigenvalue weighted by Crippen LogP contribution is -2.33. The highest BCUT2D eigenvalue weighted by molar-refractivity contribution is 5.76. The Morgan fingerprint density at radius 3 is 2.14 bits per heavy atom. The topological polar surface area (TPSA) is 67.4 Å². The van der Waals surface area contributed by atoms with Crippen molar-refractivity contribution in [2.24, 2.45) is 0 Å². The summed E-state index contributed by atoms with van der Waals surface area (Å²) in [6.07, 6.45) is 9.48. The maximum atomic E-state index is 11.4. The second kappa shape index (κ2) is 11.0. The lowest BCUT2D eigenvalue weighted by molar-refractivity contribution is -0.120. The number of hydrogen-bond acceptors (Lipinski definition) is 3. The van der Waals surface area contributed by atoms with Crippen molar-refractivity contribution in [1.29, 1.82) is 0 Å². The van der Waals surface area contributed by atoms with Crippen molar-refractivity contribution in [3.63, 3.8) is 0 Å². The Kier molecular flexibility index (Phi) is 10.1. The van der Waals surface area contributed by atoms with Gasteiger partial charge in [0, 0.05) is 25.9 Å². The van der Waals surface area contributed by atoms with Crippen molar-refractivity contribution in [1.82, 2.24) is 10.6 Å². The summed E-state index contributed by atoms with van der Waals surface area (Å²) >= 11 is 0. The van der Waals surface area contributed by atoms with Crippen LogP contribution in [0.2, 0.25) is 0 Å². The Balaban J connectivity index is 3.35. The normalized spacial score (nSPS) is 10.6. The molecule has 0 aliphatic heterocycles. The van der Waals surface area contributed by atoms with Gasteiger partial charge >= 0.3 is 6.09 Å². The van der Waals surface area contributed by atoms with Crippen LogP contribution in [-0.2, 0) is 9.53 Å². The minimum atomic E-state index is -0.457. The smallest absolute Gasteiger partial charge is 0.407 e. The maximum Gasteiger partial charge on any atom is 0.407 e. The number of alkyl carbamates (subject to hydrolysis) is 1. The number of carbonyl (C=O) groups is 2. The van der Waals surface area contributed by atoms with Gasteiger partial charge in [-0.15, -0.1) is 12.3 Å². The molecule has 5 nitrogen and oxygen atoms in total. The van der Waals surface area contributed by atoms with Gasteiger partial charge < -0.3 is 15.4 Å². The molecule has 0 heterocycles. The number of unbranched alkanes of at least 4 members (excludes halogenated alkanes) is 3. The van der Waals surface area contributed by atoms with Crippen LogP contribution in [0.4, 0.5) is 4.79 Å². The van der Waals surface area contributed by atoms with E-state index in [1.54, 1.807) is 0 Å². The van der Waals surface area contributed by atoms with Crippen molar-refractivity contribution >= 4 is 12.0 Å². The molecule has 0 spiro atoms. The highest BCUT2D eigenvalue weighted by Gasteiger charge is 2.15. The fourth-order valence-corrected chi connectivity index (χ4v) is 1.61. The van der Waals surface area contributed by atoms with Gasteiger partial charge in [-0.3, -0.25) is 4.79 Å². The molecule has 21 heavy (non-hydrogen) atoms. The lowest BCUT2D eigenvalue weighted by atomic mass is 10.2. The molecular formula is C16H28N2O3. The van der Waals surface area contributed by atoms with Gasteiger partial charge in [0.15, 0.2) is 0 Å². The monoisotopic (exact) mass is 296 g/mol. The molecule has 2 amide bonds. The van der Waals surface area contributed by atoms with Crippen LogP contribution in [0.3, 0.4) is 0 Å². The molecule has 0 saturated heterocycles. The molecular weight excluding hydrogens is 268 g/mol. The van der Waals surface area contributed by atoms with Gasteiger partial charge in [-0.2, -0.15) is 0 Å². The molecule has 120 valence electrons. The van der Waals surface area contributed by atoms with Gasteiger partial charge in [0.25, 0.3) is 0 Å². The van der Waals surface area contributed by atoms with E-state index in [1.165, 1.54) is 0 Å². The first-order valence-electron chi connectivity index (χ1n) is 7.52. The zero-order valence-electron chi connectivity index (χ0n) is 13.5. The molecule has 0 unspecified atom stereocenters. The zero-order valence-corrected chi connectivity index (χ0v) is 13.5. The largest absolute Gasteiger partial charge is 0.444 e. The molecule has 0 aromatic heterocycles. The van der Waals surface area contributed by atoms with Gasteiger partial charge in [0.1, 0.15) is 5.60 Å². The Morgan fingerprint density at radius 2 is 1.62 bits per heavy atom. The van der Waals surface area contributed by atoms with Crippen LogP contribution in [0.25, 0.3) is 0 Å². The summed E-state index contributed by atoms with van der Waals surface area (Å²) in [5, 5.41) is 5.55. The molecule has 0 saturated carbocycles. The summed E-state index contributed by atoms with van der Waals surface area (Å²) in [5.74, 6) is 2.45. The molecule has 0 aromatic carbocycles. The number of nitrogens with one attached hydrogen (secondary N) is 2. The summed E-state index contributed by atoms with van der Waals surface area (Å²) in [5.41, 5.74) is -0.457. The van der Waals surface area contributed by atoms with E-state index in [0.29, 0.717) is 25.9 Å². The van der Waals surface area contributed by atoms with E-state index < -0.39 is 5.60 Å². The maximum absolute atomic E-state index is 11.4. The van der Waals surface area contributed by atoms with Gasteiger partial charge in [0.2, 0.25) is 5.91 Å². The van der Waals surface area contributed by atoms with Crippen molar-refractivity contribution in [3.8, 4) is 12.3 Å². The minimum absolute atomic E-state index is 0.0135. The van der Waals surface area contributed by atoms with Crippen molar-refractivity contribution in [2.45, 2.75) is 64.9 Å². The first kappa shape index (κ1) is 19.3. The number of amides is 2. The van der Waals surface area contributed by atoms with Crippen LogP contribution in [0.1, 0.15) is 59.3 Å². The number of rotatable bonds is 9. The SMILES string of the molecule is C#CCCC(=O)NCCCCCCNC(=O)OC(C)(C)C. The highest BCUT2D eigenvalue weighted by Crippen LogP contribution is 2.06. The first-order chi connectivity index (χ1) is 9.85. The van der Waals surface area contributed by atoms with Crippen molar-refractivity contribution in [2.75, 3.05) is 13.1 Å². The Bertz CT molecular complexity index is 354. The van der Waals surface area contributed by atoms with E-state index in [-0.39, 0.29) is 12.0 Å². The summed E-state index contributed by atoms with van der Waals surface area (Å²) in [7, 11) is 0. The molecule has 0 aliphatic rings. The van der Waals surface area contributed by atoms with Gasteiger partial charge in [-0.05, 0) is 33.6 Å². The van der Waals surface area contributed by atoms with Gasteiger partial charge in [-0.25, -0.2) is 4.79 Å². The quantitative estimate of drug-likeness (QED) is 0.507. The first-order valence-corrected chi connectivity index (χ1v) is 7.52. The summed E-state index contributed by atoms with van der Waals surface area (Å²) in [4.78, 5) is 22.6. The third kappa shape index (κ3) is 14.5. The molecule has 0 rings (SSSR count). The Hall–Kier alpha value is -1.70. The lowest BCUT2D eigenvalue weighted by Gasteiger charge is -2.19. The summed E-state index contributed by atoms with van der Waals surface area (Å²) in [6.45, 7) is 6.81. The van der Waals surface area contributed by atoms with E-state index in [4.69, 9.17) is 11.2 Å². The van der Waals surface area contributed by atoms with E-state index in [1.807, 2.05) is 20.8 Å². The van der Waals surface area contributed by atoms with E-state index in [2.05, 4.69) is 16.6 Å². The summed E-state index contributed by atoms with van der Waals surface area (Å²) in [6, 6.07) is 0. The molecule has 0 bridgehead atoms. The molecule has 2 N–H and O–H groups in total. The van der Waals surface area contributed by atoms with Crippen molar-refractivity contribution < 1.29 is 14.3 Å². The molecule has 0 aromatic rings. The molecule has 0 fully saturated rings. The summed E-state index contributed by atoms with van der Waals surface area (Å²) < 4.78 is 5.13. The molecule has 0 radical (unpaired) electrons. The molecule has 0 aliphatic carbocycles. The van der Waals surface area contributed by atoms with Gasteiger partial charge in [0.05, 0.1) is 0 Å². The fourth-order valence-electron chi connectivity index (χ4n) is 1.61. The number of carbonyl (C=O) groups excluding carboxylic acids is 2. The predicted molar refractivity (Wildman–Crippen MR) is 83.8 cm³/mol. The fraction of sp³-hybridized carbons (Fsp3) is 0.750. The van der Waals surface area contributed by atoms with Crippen molar-refractivity contribution in [3.05, 3.63) is 0 Å². The average Bonchev–Trinajstić information content (AvgIpc) is 2.37. The second-order valence-corrected chi connectivity index (χ2v) is 5.90. The van der Waals surface area contributed by atoms with E-state index in [0.717, 1.165) is 25.7 Å². The standard InChI is InChI=1S/C16H28N2O3/c1-5-6-11-14(19)17-12-9-7-8-10-13-18-15(20)21-16(2,3)4/h1H,6-13H2,2-4H3,(H,17,19)(H,18,20). The van der Waals surface area contributed by atoms with Crippen LogP contribution in [0.5, 0.6) is 0 Å². The Labute approximate surface area is 128 Å². The van der Waals surface area contributed by atoms with Crippen LogP contribution < -0.4 is 10.6 Å². The van der Waals surface area contributed by atoms with Crippen LogP contribution in [0, 0.1) is 12.3 Å². The predicted octanol–water partition coefficient (Wildman–Crippen LogP) is 2.60. The number of terminal acetylenes is 1. The third-order valence-electron chi connectivity index (χ3n) is 2.59. The zero-order chi connectivity index (χ0) is 16.1. The second-order valence-electron chi connectivity index (χ2n) is 5.90. The average molecular weight is 296 g/mol. The number of hydrogen-bond donors (Lipinski definition) is 2. The highest BCUT2D eigenvalue weighted by atomic mass is 16.6. The minimum Gasteiger partial charge on any atom is -0.444 e. The number of ether oxygens (including phenoxy) is 1. The Morgan fingerprint density at radius 1 is 1.05 bits per heavy atom. The molecule has 0 atom stereocenters. The molecule has 5 heteroatoms. The van der Waals surface area contributed by atoms with Crippen LogP contribution in [0.15, 0.2) is 0 Å².